The van der Waals surface area contributed by atoms with E-state index in [0.717, 1.165) is 0 Å². The molecule has 0 saturated heterocycles. The van der Waals surface area contributed by atoms with Gasteiger partial charge < -0.3 is 4.74 Å². The summed E-state index contributed by atoms with van der Waals surface area (Å²) in [7, 11) is -0.838. The summed E-state index contributed by atoms with van der Waals surface area (Å²) in [5.74, 6) is -0.465. The van der Waals surface area contributed by atoms with Crippen LogP contribution in [0.15, 0.2) is 17.3 Å². The highest BCUT2D eigenvalue weighted by molar-refractivity contribution is 7.89. The van der Waals surface area contributed by atoms with Crippen molar-refractivity contribution in [3.8, 4) is 0 Å². The molecule has 0 amide bonds. The number of aryl methyl sites for hydroxylation is 1. The lowest BCUT2D eigenvalue weighted by Gasteiger charge is -2.05. The fraction of sp³-hybridized carbons (Fsp3) is 0.500. The standard InChI is InChI=1S/C8H13N3O4S/c1-11-7(3-5-9-11)16(13,14)10-6-4-8(12)15-2/h3,5,10H,4,6H2,1-2H3. The first-order valence-corrected chi connectivity index (χ1v) is 6.00. The molecule has 1 aromatic heterocycles. The first-order chi connectivity index (χ1) is 7.47. The average Bonchev–Trinajstić information content (AvgIpc) is 2.64. The van der Waals surface area contributed by atoms with Gasteiger partial charge in [-0.25, -0.2) is 13.1 Å². The van der Waals surface area contributed by atoms with Crippen molar-refractivity contribution < 1.29 is 17.9 Å². The summed E-state index contributed by atoms with van der Waals surface area (Å²) >= 11 is 0. The Morgan fingerprint density at radius 1 is 1.62 bits per heavy atom. The Morgan fingerprint density at radius 3 is 2.81 bits per heavy atom. The van der Waals surface area contributed by atoms with E-state index in [0.29, 0.717) is 0 Å². The molecule has 8 heteroatoms. The lowest BCUT2D eigenvalue weighted by Crippen LogP contribution is -2.28. The van der Waals surface area contributed by atoms with E-state index >= 15 is 0 Å². The summed E-state index contributed by atoms with van der Waals surface area (Å²) in [6.45, 7) is 0.000185. The third-order valence-electron chi connectivity index (χ3n) is 1.90. The Morgan fingerprint density at radius 2 is 2.31 bits per heavy atom. The summed E-state index contributed by atoms with van der Waals surface area (Å²) < 4.78 is 31.2. The Labute approximate surface area is 93.4 Å². The van der Waals surface area contributed by atoms with Crippen LogP contribution in [0.1, 0.15) is 6.42 Å². The van der Waals surface area contributed by atoms with Crippen LogP contribution in [-0.4, -0.2) is 37.8 Å². The van der Waals surface area contributed by atoms with Crippen molar-refractivity contribution in [2.24, 2.45) is 7.05 Å². The third-order valence-corrected chi connectivity index (χ3v) is 3.44. The molecule has 0 atom stereocenters. The van der Waals surface area contributed by atoms with Gasteiger partial charge in [0.15, 0.2) is 5.03 Å². The van der Waals surface area contributed by atoms with E-state index in [2.05, 4.69) is 14.6 Å². The normalized spacial score (nSPS) is 11.4. The first-order valence-electron chi connectivity index (χ1n) is 4.52. The molecule has 0 radical (unpaired) electrons. The van der Waals surface area contributed by atoms with E-state index in [-0.39, 0.29) is 18.0 Å². The lowest BCUT2D eigenvalue weighted by molar-refractivity contribution is -0.140. The highest BCUT2D eigenvalue weighted by Crippen LogP contribution is 2.05. The van der Waals surface area contributed by atoms with E-state index in [1.165, 1.54) is 31.1 Å². The SMILES string of the molecule is COC(=O)CCNS(=O)(=O)c1ccnn1C. The number of nitrogens with zero attached hydrogens (tertiary/aromatic N) is 2. The van der Waals surface area contributed by atoms with Gasteiger partial charge >= 0.3 is 5.97 Å². The molecule has 0 unspecified atom stereocenters. The van der Waals surface area contributed by atoms with Crippen LogP contribution in [0.2, 0.25) is 0 Å². The number of nitrogens with one attached hydrogen (secondary N) is 1. The Kier molecular flexibility index (Phi) is 4.02. The maximum Gasteiger partial charge on any atom is 0.306 e. The van der Waals surface area contributed by atoms with E-state index in [4.69, 9.17) is 0 Å². The summed E-state index contributed by atoms with van der Waals surface area (Å²) in [5, 5.41) is 3.80. The fourth-order valence-corrected chi connectivity index (χ4v) is 2.24. The minimum atomic E-state index is -3.61. The third kappa shape index (κ3) is 3.04. The molecule has 0 saturated carbocycles. The second-order valence-electron chi connectivity index (χ2n) is 3.02. The van der Waals surface area contributed by atoms with Gasteiger partial charge in [-0.1, -0.05) is 0 Å². The number of aromatic nitrogens is 2. The van der Waals surface area contributed by atoms with Crippen molar-refractivity contribution in [2.45, 2.75) is 11.4 Å². The smallest absolute Gasteiger partial charge is 0.306 e. The number of ether oxygens (including phenoxy) is 1. The fourth-order valence-electron chi connectivity index (χ4n) is 1.09. The van der Waals surface area contributed by atoms with Gasteiger partial charge in [0, 0.05) is 13.6 Å². The van der Waals surface area contributed by atoms with Crippen LogP contribution in [0, 0.1) is 0 Å². The van der Waals surface area contributed by atoms with Gasteiger partial charge in [0.25, 0.3) is 10.0 Å². The number of esters is 1. The van der Waals surface area contributed by atoms with Crippen LogP contribution in [0.3, 0.4) is 0 Å². The van der Waals surface area contributed by atoms with Crippen molar-refractivity contribution in [1.82, 2.24) is 14.5 Å². The topological polar surface area (TPSA) is 90.3 Å². The second-order valence-corrected chi connectivity index (χ2v) is 4.73. The molecule has 1 aromatic rings. The van der Waals surface area contributed by atoms with Crippen LogP contribution < -0.4 is 4.72 Å². The van der Waals surface area contributed by atoms with Gasteiger partial charge in [-0.2, -0.15) is 5.10 Å². The molecule has 90 valence electrons. The molecular formula is C8H13N3O4S. The Bertz CT molecular complexity index is 465. The molecule has 0 spiro atoms. The quantitative estimate of drug-likeness (QED) is 0.692. The molecule has 1 N–H and O–H groups in total. The van der Waals surface area contributed by atoms with E-state index in [1.54, 1.807) is 0 Å². The van der Waals surface area contributed by atoms with Gasteiger partial charge in [0.05, 0.1) is 19.7 Å². The van der Waals surface area contributed by atoms with Gasteiger partial charge in [0.1, 0.15) is 0 Å². The molecule has 0 aliphatic rings. The van der Waals surface area contributed by atoms with Gasteiger partial charge in [-0.05, 0) is 6.07 Å². The highest BCUT2D eigenvalue weighted by atomic mass is 32.2. The Balaban J connectivity index is 2.60. The summed E-state index contributed by atoms with van der Waals surface area (Å²) in [6, 6.07) is 1.38. The maximum atomic E-state index is 11.7. The number of hydrogen-bond donors (Lipinski definition) is 1. The van der Waals surface area contributed by atoms with E-state index in [1.807, 2.05) is 0 Å². The lowest BCUT2D eigenvalue weighted by atomic mass is 10.4. The molecule has 1 heterocycles. The minimum absolute atomic E-state index is 0.000185. The molecule has 0 aliphatic heterocycles. The van der Waals surface area contributed by atoms with Crippen molar-refractivity contribution in [3.63, 3.8) is 0 Å². The minimum Gasteiger partial charge on any atom is -0.469 e. The number of carbonyl (C=O) groups is 1. The zero-order valence-corrected chi connectivity index (χ0v) is 9.82. The highest BCUT2D eigenvalue weighted by Gasteiger charge is 2.17. The molecule has 7 nitrogen and oxygen atoms in total. The largest absolute Gasteiger partial charge is 0.469 e. The maximum absolute atomic E-state index is 11.7. The molecule has 0 bridgehead atoms. The van der Waals surface area contributed by atoms with E-state index in [9.17, 15) is 13.2 Å². The Hall–Kier alpha value is -1.41. The molecule has 0 fully saturated rings. The number of hydrogen-bond acceptors (Lipinski definition) is 5. The predicted octanol–water partition coefficient (Wildman–Crippen LogP) is -0.738. The van der Waals surface area contributed by atoms with Crippen LogP contribution in [0.4, 0.5) is 0 Å². The first kappa shape index (κ1) is 12.7. The molecular weight excluding hydrogens is 234 g/mol. The second kappa shape index (κ2) is 5.08. The number of rotatable bonds is 5. The van der Waals surface area contributed by atoms with Gasteiger partial charge in [-0.15, -0.1) is 0 Å². The van der Waals surface area contributed by atoms with Crippen molar-refractivity contribution >= 4 is 16.0 Å². The van der Waals surface area contributed by atoms with Crippen LogP contribution in [0.5, 0.6) is 0 Å². The predicted molar refractivity (Wildman–Crippen MR) is 55.0 cm³/mol. The van der Waals surface area contributed by atoms with Crippen LogP contribution in [0.25, 0.3) is 0 Å². The molecule has 0 aromatic carbocycles. The zero-order valence-electron chi connectivity index (χ0n) is 9.00. The van der Waals surface area contributed by atoms with Crippen molar-refractivity contribution in [2.75, 3.05) is 13.7 Å². The monoisotopic (exact) mass is 247 g/mol. The molecule has 16 heavy (non-hydrogen) atoms. The summed E-state index contributed by atoms with van der Waals surface area (Å²) in [4.78, 5) is 10.8. The number of carbonyl (C=O) groups excluding carboxylic acids is 1. The van der Waals surface area contributed by atoms with Gasteiger partial charge in [-0.3, -0.25) is 9.48 Å². The molecule has 0 aliphatic carbocycles. The zero-order chi connectivity index (χ0) is 12.2. The van der Waals surface area contributed by atoms with Crippen LogP contribution >= 0.6 is 0 Å². The summed E-state index contributed by atoms with van der Waals surface area (Å²) in [6.07, 6.45) is 1.38. The molecule has 1 rings (SSSR count). The van der Waals surface area contributed by atoms with Gasteiger partial charge in [0.2, 0.25) is 0 Å². The van der Waals surface area contributed by atoms with E-state index < -0.39 is 16.0 Å². The van der Waals surface area contributed by atoms with Crippen molar-refractivity contribution in [3.05, 3.63) is 12.3 Å². The number of sulfonamides is 1. The van der Waals surface area contributed by atoms with Crippen LogP contribution in [-0.2, 0) is 26.6 Å². The summed E-state index contributed by atoms with van der Waals surface area (Å²) in [5.41, 5.74) is 0. The number of methoxy groups -OCH3 is 1. The van der Waals surface area contributed by atoms with Crippen molar-refractivity contribution in [1.29, 1.82) is 0 Å². The average molecular weight is 247 g/mol.